The highest BCUT2D eigenvalue weighted by Crippen LogP contribution is 2.53. The molecule has 0 unspecified atom stereocenters. The van der Waals surface area contributed by atoms with E-state index in [0.717, 1.165) is 36.8 Å². The molecule has 7 heteroatoms. The molecule has 0 spiro atoms. The number of hydrogen-bond donors (Lipinski definition) is 1. The number of aryl methyl sites for hydroxylation is 1. The number of aromatic hydroxyl groups is 1. The molecular weight excluding hydrogens is 613 g/mol. The summed E-state index contributed by atoms with van der Waals surface area (Å²) in [6.45, 7) is 29.7. The standard InChI is InChI=1S/C40H56N2O3Si2/c1-26(2)44-25-27-18-19-33-30(22-27)35-32-24-42(46(9,10)39(3,4)5)38(43)36(32)34-29-17-14-13-16-28(29)23-31(34)37(35)41(33)20-15-21-45-47(11,12)40(6,7)8/h13-14,16-19,22,24,26,43H,15,20-21,23,25H2,1-12H3. The molecule has 3 aromatic carbocycles. The Labute approximate surface area is 284 Å². The molecule has 2 heterocycles. The van der Waals surface area contributed by atoms with Gasteiger partial charge in [-0.25, -0.2) is 0 Å². The van der Waals surface area contributed by atoms with Gasteiger partial charge in [-0.15, -0.1) is 0 Å². The third-order valence-corrected chi connectivity index (χ3v) is 21.4. The Hall–Kier alpha value is -2.85. The van der Waals surface area contributed by atoms with Crippen LogP contribution in [-0.4, -0.2) is 43.2 Å². The highest BCUT2D eigenvalue weighted by molar-refractivity contribution is 6.79. The molecule has 1 aliphatic rings. The van der Waals surface area contributed by atoms with Crippen molar-refractivity contribution >= 4 is 49.1 Å². The minimum absolute atomic E-state index is 0.0548. The van der Waals surface area contributed by atoms with E-state index in [1.807, 2.05) is 0 Å². The molecule has 252 valence electrons. The van der Waals surface area contributed by atoms with Gasteiger partial charge in [-0.3, -0.25) is 0 Å². The Balaban J connectivity index is 1.64. The molecule has 6 rings (SSSR count). The van der Waals surface area contributed by atoms with E-state index in [-0.39, 0.29) is 16.2 Å². The van der Waals surface area contributed by atoms with Crippen LogP contribution in [0.5, 0.6) is 5.88 Å². The minimum atomic E-state index is -2.15. The van der Waals surface area contributed by atoms with Crippen molar-refractivity contribution in [1.82, 2.24) is 8.80 Å². The van der Waals surface area contributed by atoms with E-state index in [2.05, 4.69) is 139 Å². The second-order valence-corrected chi connectivity index (χ2v) is 27.1. The van der Waals surface area contributed by atoms with Gasteiger partial charge in [-0.1, -0.05) is 85.0 Å². The molecule has 2 aromatic heterocycles. The molecule has 0 aliphatic heterocycles. The first-order valence-electron chi connectivity index (χ1n) is 17.5. The van der Waals surface area contributed by atoms with Crippen LogP contribution in [0.15, 0.2) is 48.7 Å². The van der Waals surface area contributed by atoms with Crippen molar-refractivity contribution in [3.63, 3.8) is 0 Å². The first-order valence-corrected chi connectivity index (χ1v) is 23.4. The number of benzene rings is 3. The van der Waals surface area contributed by atoms with E-state index in [1.165, 1.54) is 49.6 Å². The quantitative estimate of drug-likeness (QED) is 0.123. The minimum Gasteiger partial charge on any atom is -0.495 e. The van der Waals surface area contributed by atoms with Crippen molar-refractivity contribution < 1.29 is 14.3 Å². The zero-order valence-electron chi connectivity index (χ0n) is 30.9. The third kappa shape index (κ3) is 5.61. The third-order valence-electron chi connectivity index (χ3n) is 11.7. The Morgan fingerprint density at radius 2 is 1.60 bits per heavy atom. The molecule has 1 N–H and O–H groups in total. The van der Waals surface area contributed by atoms with Crippen molar-refractivity contribution in [3.8, 4) is 17.0 Å². The summed E-state index contributed by atoms with van der Waals surface area (Å²) in [6, 6.07) is 15.7. The molecule has 0 bridgehead atoms. The largest absolute Gasteiger partial charge is 0.495 e. The maximum atomic E-state index is 12.3. The smallest absolute Gasteiger partial charge is 0.191 e. The van der Waals surface area contributed by atoms with Gasteiger partial charge in [0, 0.05) is 53.0 Å². The fourth-order valence-corrected chi connectivity index (χ4v) is 9.81. The van der Waals surface area contributed by atoms with Gasteiger partial charge in [0.25, 0.3) is 0 Å². The Morgan fingerprint density at radius 1 is 0.894 bits per heavy atom. The van der Waals surface area contributed by atoms with Gasteiger partial charge in [0.2, 0.25) is 0 Å². The van der Waals surface area contributed by atoms with Gasteiger partial charge in [-0.2, -0.15) is 0 Å². The second kappa shape index (κ2) is 11.6. The average molecular weight is 669 g/mol. The SMILES string of the molecule is CC(C)OCc1ccc2c(c1)c1c3cn([Si](C)(C)C(C)(C)C)c(O)c3c3c(c1n2CCCO[Si](C)(C)C(C)(C)C)Cc1ccccc1-3. The van der Waals surface area contributed by atoms with E-state index in [1.54, 1.807) is 0 Å². The number of aromatic nitrogens is 2. The Bertz CT molecular complexity index is 1980. The van der Waals surface area contributed by atoms with Crippen molar-refractivity contribution in [2.45, 2.75) is 124 Å². The molecule has 5 aromatic rings. The van der Waals surface area contributed by atoms with E-state index < -0.39 is 16.6 Å². The summed E-state index contributed by atoms with van der Waals surface area (Å²) < 4.78 is 17.6. The highest BCUT2D eigenvalue weighted by atomic mass is 28.4. The number of hydrogen-bond acceptors (Lipinski definition) is 3. The molecule has 0 atom stereocenters. The molecule has 1 aliphatic carbocycles. The van der Waals surface area contributed by atoms with Gasteiger partial charge in [-0.05, 0) is 77.8 Å². The maximum Gasteiger partial charge on any atom is 0.191 e. The first-order chi connectivity index (χ1) is 21.8. The van der Waals surface area contributed by atoms with Crippen LogP contribution in [0, 0.1) is 0 Å². The van der Waals surface area contributed by atoms with E-state index in [4.69, 9.17) is 9.16 Å². The zero-order valence-corrected chi connectivity index (χ0v) is 32.9. The molecular formula is C40H56N2O3Si2. The van der Waals surface area contributed by atoms with E-state index in [9.17, 15) is 5.11 Å². The molecule has 5 nitrogen and oxygen atoms in total. The summed E-state index contributed by atoms with van der Waals surface area (Å²) in [4.78, 5) is 0. The van der Waals surface area contributed by atoms with Gasteiger partial charge in [0.1, 0.15) is 0 Å². The Kier molecular flexibility index (Phi) is 8.43. The summed E-state index contributed by atoms with van der Waals surface area (Å²) in [7, 11) is -3.99. The second-order valence-electron chi connectivity index (χ2n) is 17.2. The molecule has 0 fully saturated rings. The number of nitrogens with zero attached hydrogens (tertiary/aromatic N) is 2. The lowest BCUT2D eigenvalue weighted by Crippen LogP contribution is -2.44. The molecule has 0 radical (unpaired) electrons. The first kappa shape index (κ1) is 34.0. The van der Waals surface area contributed by atoms with Crippen LogP contribution >= 0.6 is 0 Å². The lowest BCUT2D eigenvalue weighted by molar-refractivity contribution is 0.0658. The van der Waals surface area contributed by atoms with Gasteiger partial charge >= 0.3 is 0 Å². The lowest BCUT2D eigenvalue weighted by Gasteiger charge is -2.38. The van der Waals surface area contributed by atoms with E-state index >= 15 is 0 Å². The van der Waals surface area contributed by atoms with Crippen LogP contribution in [-0.2, 0) is 28.7 Å². The maximum absolute atomic E-state index is 12.3. The van der Waals surface area contributed by atoms with Crippen molar-refractivity contribution in [1.29, 1.82) is 0 Å². The zero-order chi connectivity index (χ0) is 34.3. The number of rotatable bonds is 9. The van der Waals surface area contributed by atoms with Crippen LogP contribution in [0.25, 0.3) is 43.7 Å². The molecule has 0 saturated carbocycles. The van der Waals surface area contributed by atoms with Crippen molar-refractivity contribution in [2.24, 2.45) is 0 Å². The summed E-state index contributed by atoms with van der Waals surface area (Å²) in [5.41, 5.74) is 8.85. The lowest BCUT2D eigenvalue weighted by atomic mass is 9.96. The molecule has 0 amide bonds. The van der Waals surface area contributed by atoms with Gasteiger partial charge in [0.05, 0.1) is 23.6 Å². The summed E-state index contributed by atoms with van der Waals surface area (Å²) in [5, 5.41) is 17.2. The predicted octanol–water partition coefficient (Wildman–Crippen LogP) is 11.2. The van der Waals surface area contributed by atoms with Crippen LogP contribution in [0.1, 0.15) is 78.5 Å². The Morgan fingerprint density at radius 3 is 2.26 bits per heavy atom. The summed E-state index contributed by atoms with van der Waals surface area (Å²) in [6.07, 6.45) is 4.27. The van der Waals surface area contributed by atoms with Crippen molar-refractivity contribution in [2.75, 3.05) is 6.61 Å². The average Bonchev–Trinajstić information content (AvgIpc) is 3.62. The normalized spacial score (nSPS) is 14.2. The topological polar surface area (TPSA) is 48.5 Å². The summed E-state index contributed by atoms with van der Waals surface area (Å²) in [5.74, 6) is 0.421. The monoisotopic (exact) mass is 668 g/mol. The number of fused-ring (bicyclic) bond motifs is 10. The fourth-order valence-electron chi connectivity index (χ4n) is 6.91. The van der Waals surface area contributed by atoms with Gasteiger partial charge < -0.3 is 23.1 Å². The van der Waals surface area contributed by atoms with Crippen LogP contribution in [0.3, 0.4) is 0 Å². The highest BCUT2D eigenvalue weighted by Gasteiger charge is 2.41. The van der Waals surface area contributed by atoms with Crippen LogP contribution in [0.2, 0.25) is 36.3 Å². The van der Waals surface area contributed by atoms with Crippen LogP contribution in [0.4, 0.5) is 0 Å². The molecule has 0 saturated heterocycles. The number of ether oxygens (including phenoxy) is 1. The summed E-state index contributed by atoms with van der Waals surface area (Å²) >= 11 is 0. The fraction of sp³-hybridized carbons (Fsp3) is 0.500. The van der Waals surface area contributed by atoms with Gasteiger partial charge in [0.15, 0.2) is 22.4 Å². The van der Waals surface area contributed by atoms with E-state index in [0.29, 0.717) is 12.5 Å². The van der Waals surface area contributed by atoms with Crippen molar-refractivity contribution in [3.05, 3.63) is 65.4 Å². The van der Waals surface area contributed by atoms with Crippen LogP contribution < -0.4 is 0 Å². The molecule has 47 heavy (non-hydrogen) atoms. The predicted molar refractivity (Wildman–Crippen MR) is 205 cm³/mol.